The first-order valence-corrected chi connectivity index (χ1v) is 15.1. The van der Waals surface area contributed by atoms with Crippen LogP contribution in [0.4, 0.5) is 0 Å². The lowest BCUT2D eigenvalue weighted by Crippen LogP contribution is -2.46. The van der Waals surface area contributed by atoms with E-state index in [2.05, 4.69) is 11.1 Å². The Morgan fingerprint density at radius 3 is 2.27 bits per heavy atom. The Hall–Kier alpha value is -3.94. The predicted molar refractivity (Wildman–Crippen MR) is 162 cm³/mol. The molecule has 6 nitrogen and oxygen atoms in total. The Morgan fingerprint density at radius 2 is 1.52 bits per heavy atom. The number of carbonyl (C=O) groups excluding carboxylic acids is 1. The fourth-order valence-corrected chi connectivity index (χ4v) is 6.93. The molecule has 0 aliphatic carbocycles. The molecule has 0 aliphatic rings. The Kier molecular flexibility index (Phi) is 8.05. The van der Waals surface area contributed by atoms with Crippen molar-refractivity contribution in [1.29, 1.82) is 0 Å². The van der Waals surface area contributed by atoms with Gasteiger partial charge < -0.3 is 9.88 Å². The van der Waals surface area contributed by atoms with Gasteiger partial charge in [0.25, 0.3) is 0 Å². The second kappa shape index (κ2) is 11.7. The smallest absolute Gasteiger partial charge is 0.244 e. The number of fused-ring (bicyclic) bond motifs is 2. The number of nitrogens with one attached hydrogen (secondary N) is 1. The molecule has 0 atom stereocenters. The Balaban J connectivity index is 1.43. The average Bonchev–Trinajstić information content (AvgIpc) is 3.37. The molecule has 7 heteroatoms. The molecule has 206 valence electrons. The van der Waals surface area contributed by atoms with Gasteiger partial charge in [0.1, 0.15) is 0 Å². The number of aromatic amines is 1. The fraction of sp³-hybridized carbons (Fsp3) is 0.242. The van der Waals surface area contributed by atoms with E-state index in [1.807, 2.05) is 99.8 Å². The lowest BCUT2D eigenvalue weighted by molar-refractivity contribution is -0.132. The zero-order valence-electron chi connectivity index (χ0n) is 23.2. The van der Waals surface area contributed by atoms with Crippen LogP contribution in [-0.4, -0.2) is 47.6 Å². The molecule has 1 aromatic heterocycles. The molecule has 0 saturated heterocycles. The molecular weight excluding hydrogens is 518 g/mol. The molecule has 0 radical (unpaired) electrons. The number of amides is 1. The van der Waals surface area contributed by atoms with Gasteiger partial charge in [0.15, 0.2) is 0 Å². The van der Waals surface area contributed by atoms with Crippen molar-refractivity contribution in [1.82, 2.24) is 14.2 Å². The van der Waals surface area contributed by atoms with Gasteiger partial charge in [-0.05, 0) is 55.8 Å². The van der Waals surface area contributed by atoms with Crippen molar-refractivity contribution in [2.24, 2.45) is 0 Å². The third kappa shape index (κ3) is 5.81. The quantitative estimate of drug-likeness (QED) is 0.221. The number of hydrogen-bond acceptors (Lipinski definition) is 3. The van der Waals surface area contributed by atoms with Crippen LogP contribution in [-0.2, 0) is 27.8 Å². The zero-order chi connectivity index (χ0) is 28.3. The van der Waals surface area contributed by atoms with Gasteiger partial charge in [-0.2, -0.15) is 4.31 Å². The van der Waals surface area contributed by atoms with E-state index in [1.54, 1.807) is 17.0 Å². The lowest BCUT2D eigenvalue weighted by Gasteiger charge is -2.30. The second-order valence-corrected chi connectivity index (χ2v) is 12.4. The van der Waals surface area contributed by atoms with Gasteiger partial charge in [0.05, 0.1) is 11.4 Å². The molecule has 40 heavy (non-hydrogen) atoms. The van der Waals surface area contributed by atoms with Crippen LogP contribution in [0.5, 0.6) is 0 Å². The average molecular weight is 554 g/mol. The number of para-hydroxylation sites is 1. The number of hydrogen-bond donors (Lipinski definition) is 1. The van der Waals surface area contributed by atoms with Crippen molar-refractivity contribution in [3.8, 4) is 0 Å². The van der Waals surface area contributed by atoms with E-state index in [4.69, 9.17) is 0 Å². The first-order valence-electron chi connectivity index (χ1n) is 13.6. The second-order valence-electron chi connectivity index (χ2n) is 10.5. The molecule has 5 aromatic rings. The highest BCUT2D eigenvalue weighted by Gasteiger charge is 2.32. The standard InChI is InChI=1S/C33H35N3O3S/c1-24(2)36(40(38,39)32-14-8-10-27-9-4-5-12-30(27)32)23-33(37)35(22-26-17-15-25(3)16-18-26)20-19-28-21-34-31-13-7-6-11-29(28)31/h4-18,21,24,34H,19-20,22-23H2,1-3H3. The van der Waals surface area contributed by atoms with E-state index < -0.39 is 16.1 Å². The summed E-state index contributed by atoms with van der Waals surface area (Å²) >= 11 is 0. The Bertz CT molecular complexity index is 1740. The summed E-state index contributed by atoms with van der Waals surface area (Å²) < 4.78 is 29.3. The molecule has 1 N–H and O–H groups in total. The van der Waals surface area contributed by atoms with Crippen LogP contribution in [0.15, 0.2) is 102 Å². The molecule has 0 saturated carbocycles. The Morgan fingerprint density at radius 1 is 0.850 bits per heavy atom. The van der Waals surface area contributed by atoms with Gasteiger partial charge in [0, 0.05) is 41.6 Å². The number of nitrogens with zero attached hydrogens (tertiary/aromatic N) is 2. The molecule has 0 spiro atoms. The molecule has 0 bridgehead atoms. The highest BCUT2D eigenvalue weighted by molar-refractivity contribution is 7.89. The zero-order valence-corrected chi connectivity index (χ0v) is 24.0. The van der Waals surface area contributed by atoms with Crippen LogP contribution < -0.4 is 0 Å². The van der Waals surface area contributed by atoms with Gasteiger partial charge in [-0.25, -0.2) is 8.42 Å². The summed E-state index contributed by atoms with van der Waals surface area (Å²) in [5.41, 5.74) is 4.33. The van der Waals surface area contributed by atoms with Crippen molar-refractivity contribution in [2.45, 2.75) is 44.7 Å². The van der Waals surface area contributed by atoms with E-state index in [9.17, 15) is 13.2 Å². The molecule has 0 unspecified atom stereocenters. The van der Waals surface area contributed by atoms with Crippen LogP contribution in [0, 0.1) is 6.92 Å². The minimum absolute atomic E-state index is 0.218. The summed E-state index contributed by atoms with van der Waals surface area (Å²) in [4.78, 5) is 19.2. The molecule has 5 rings (SSSR count). The topological polar surface area (TPSA) is 73.5 Å². The molecular formula is C33H35N3O3S. The summed E-state index contributed by atoms with van der Waals surface area (Å²) in [5, 5.41) is 2.63. The summed E-state index contributed by atoms with van der Waals surface area (Å²) in [6.07, 6.45) is 2.64. The fourth-order valence-electron chi connectivity index (χ4n) is 5.13. The molecule has 0 aliphatic heterocycles. The van der Waals surface area contributed by atoms with Gasteiger partial charge in [0.2, 0.25) is 15.9 Å². The summed E-state index contributed by atoms with van der Waals surface area (Å²) in [7, 11) is -3.94. The minimum atomic E-state index is -3.94. The lowest BCUT2D eigenvalue weighted by atomic mass is 10.1. The molecule has 4 aromatic carbocycles. The predicted octanol–water partition coefficient (Wildman–Crippen LogP) is 6.30. The molecule has 0 fully saturated rings. The van der Waals surface area contributed by atoms with Crippen molar-refractivity contribution < 1.29 is 13.2 Å². The van der Waals surface area contributed by atoms with Gasteiger partial charge in [-0.1, -0.05) is 84.4 Å². The van der Waals surface area contributed by atoms with Gasteiger partial charge in [-0.3, -0.25) is 4.79 Å². The maximum Gasteiger partial charge on any atom is 0.244 e. The van der Waals surface area contributed by atoms with E-state index in [0.29, 0.717) is 24.9 Å². The van der Waals surface area contributed by atoms with Crippen LogP contribution >= 0.6 is 0 Å². The van der Waals surface area contributed by atoms with Crippen molar-refractivity contribution in [3.05, 3.63) is 114 Å². The van der Waals surface area contributed by atoms with Gasteiger partial charge in [-0.15, -0.1) is 0 Å². The summed E-state index contributed by atoms with van der Waals surface area (Å²) in [6.45, 7) is 6.29. The number of rotatable bonds is 10. The highest BCUT2D eigenvalue weighted by Crippen LogP contribution is 2.27. The number of aryl methyl sites for hydroxylation is 1. The number of carbonyl (C=O) groups is 1. The highest BCUT2D eigenvalue weighted by atomic mass is 32.2. The van der Waals surface area contributed by atoms with E-state index in [-0.39, 0.29) is 17.3 Å². The molecule has 1 amide bonds. The van der Waals surface area contributed by atoms with Crippen molar-refractivity contribution >= 4 is 37.6 Å². The van der Waals surface area contributed by atoms with Crippen LogP contribution in [0.25, 0.3) is 21.7 Å². The number of aromatic nitrogens is 1. The van der Waals surface area contributed by atoms with Crippen molar-refractivity contribution in [3.63, 3.8) is 0 Å². The van der Waals surface area contributed by atoms with Crippen molar-refractivity contribution in [2.75, 3.05) is 13.1 Å². The van der Waals surface area contributed by atoms with Gasteiger partial charge >= 0.3 is 0 Å². The van der Waals surface area contributed by atoms with E-state index >= 15 is 0 Å². The summed E-state index contributed by atoms with van der Waals surface area (Å²) in [6, 6.07) is 28.5. The monoisotopic (exact) mass is 553 g/mol. The first-order chi connectivity index (χ1) is 19.2. The molecule has 1 heterocycles. The van der Waals surface area contributed by atoms with E-state index in [1.165, 1.54) is 4.31 Å². The van der Waals surface area contributed by atoms with E-state index in [0.717, 1.165) is 33.0 Å². The third-order valence-electron chi connectivity index (χ3n) is 7.38. The Labute approximate surface area is 236 Å². The number of sulfonamides is 1. The number of benzene rings is 4. The minimum Gasteiger partial charge on any atom is -0.361 e. The van der Waals surface area contributed by atoms with Crippen LogP contribution in [0.1, 0.15) is 30.5 Å². The number of H-pyrrole nitrogens is 1. The van der Waals surface area contributed by atoms with Crippen LogP contribution in [0.2, 0.25) is 0 Å². The third-order valence-corrected chi connectivity index (χ3v) is 9.46. The normalized spacial score (nSPS) is 12.0. The summed E-state index contributed by atoms with van der Waals surface area (Å²) in [5.74, 6) is -0.224. The largest absolute Gasteiger partial charge is 0.361 e. The SMILES string of the molecule is Cc1ccc(CN(CCc2c[nH]c3ccccc23)C(=O)CN(C(C)C)S(=O)(=O)c2cccc3ccccc23)cc1. The maximum absolute atomic E-state index is 14.0. The first kappa shape index (κ1) is 27.6. The van der Waals surface area contributed by atoms with Crippen LogP contribution in [0.3, 0.4) is 0 Å². The maximum atomic E-state index is 14.0.